The summed E-state index contributed by atoms with van der Waals surface area (Å²) in [6.45, 7) is 0.899. The zero-order valence-electron chi connectivity index (χ0n) is 16.0. The lowest BCUT2D eigenvalue weighted by molar-refractivity contribution is -0.120. The largest absolute Gasteiger partial charge is 0.308 e. The Hall–Kier alpha value is -2.49. The maximum absolute atomic E-state index is 14.2. The Labute approximate surface area is 174 Å². The molecule has 0 bridgehead atoms. The van der Waals surface area contributed by atoms with Crippen molar-refractivity contribution in [1.82, 2.24) is 4.90 Å². The summed E-state index contributed by atoms with van der Waals surface area (Å²) in [5.74, 6) is -1.13. The zero-order chi connectivity index (χ0) is 20.8. The monoisotopic (exact) mass is 417 g/mol. The van der Waals surface area contributed by atoms with Crippen LogP contribution in [0.5, 0.6) is 0 Å². The van der Waals surface area contributed by atoms with E-state index in [9.17, 15) is 13.6 Å². The molecule has 3 rings (SSSR count). The highest BCUT2D eigenvalue weighted by atomic mass is 35.5. The Morgan fingerprint density at radius 2 is 1.97 bits per heavy atom. The van der Waals surface area contributed by atoms with E-state index in [4.69, 9.17) is 16.9 Å². The summed E-state index contributed by atoms with van der Waals surface area (Å²) in [6, 6.07) is 12.6. The summed E-state index contributed by atoms with van der Waals surface area (Å²) < 4.78 is 28.4. The van der Waals surface area contributed by atoms with E-state index in [1.165, 1.54) is 23.1 Å². The van der Waals surface area contributed by atoms with Gasteiger partial charge in [-0.1, -0.05) is 29.8 Å². The smallest absolute Gasteiger partial charge is 0.241 e. The third-order valence-corrected chi connectivity index (χ3v) is 5.58. The first kappa shape index (κ1) is 21.2. The number of benzene rings is 2. The Morgan fingerprint density at radius 1 is 1.21 bits per heavy atom. The molecular weight excluding hydrogens is 396 g/mol. The van der Waals surface area contributed by atoms with Gasteiger partial charge in [0.15, 0.2) is 0 Å². The van der Waals surface area contributed by atoms with Gasteiger partial charge in [0, 0.05) is 23.2 Å². The molecule has 0 N–H and O–H groups in total. The van der Waals surface area contributed by atoms with Crippen molar-refractivity contribution in [1.29, 1.82) is 5.26 Å². The van der Waals surface area contributed by atoms with Gasteiger partial charge in [-0.05, 0) is 50.1 Å². The molecule has 0 aromatic heterocycles. The maximum atomic E-state index is 14.2. The van der Waals surface area contributed by atoms with Crippen LogP contribution in [-0.2, 0) is 11.2 Å². The Balaban J connectivity index is 1.74. The number of anilines is 1. The van der Waals surface area contributed by atoms with Crippen molar-refractivity contribution < 1.29 is 13.6 Å². The van der Waals surface area contributed by atoms with Gasteiger partial charge < -0.3 is 4.90 Å². The quantitative estimate of drug-likeness (QED) is 0.662. The number of amides is 1. The first-order valence-corrected chi connectivity index (χ1v) is 9.98. The van der Waals surface area contributed by atoms with Crippen molar-refractivity contribution >= 4 is 23.2 Å². The molecule has 2 aromatic rings. The molecule has 1 aliphatic rings. The van der Waals surface area contributed by atoms with Gasteiger partial charge in [-0.3, -0.25) is 9.69 Å². The van der Waals surface area contributed by atoms with Gasteiger partial charge in [0.2, 0.25) is 5.91 Å². The van der Waals surface area contributed by atoms with E-state index in [0.29, 0.717) is 23.6 Å². The fraction of sp³-hybridized carbons (Fsp3) is 0.364. The van der Waals surface area contributed by atoms with Gasteiger partial charge in [-0.25, -0.2) is 8.78 Å². The number of hydrogen-bond acceptors (Lipinski definition) is 3. The van der Waals surface area contributed by atoms with E-state index < -0.39 is 5.82 Å². The molecule has 0 spiro atoms. The van der Waals surface area contributed by atoms with Crippen molar-refractivity contribution in [2.24, 2.45) is 0 Å². The molecule has 1 heterocycles. The average molecular weight is 418 g/mol. The summed E-state index contributed by atoms with van der Waals surface area (Å²) >= 11 is 6.16. The number of likely N-dealkylation sites (tertiary alicyclic amines) is 1. The Bertz CT molecular complexity index is 895. The SMILES string of the molecule is N#CCCN(C(=O)CN1CCC[C@H]1Cc1c(F)cccc1Cl)c1ccccc1F. The van der Waals surface area contributed by atoms with Gasteiger partial charge in [0.1, 0.15) is 11.6 Å². The predicted molar refractivity (Wildman–Crippen MR) is 109 cm³/mol. The topological polar surface area (TPSA) is 47.3 Å². The van der Waals surface area contributed by atoms with Crippen LogP contribution in [0.3, 0.4) is 0 Å². The molecule has 1 aliphatic heterocycles. The summed E-state index contributed by atoms with van der Waals surface area (Å²) in [5, 5.41) is 9.30. The van der Waals surface area contributed by atoms with E-state index in [0.717, 1.165) is 12.8 Å². The molecule has 29 heavy (non-hydrogen) atoms. The molecule has 2 aromatic carbocycles. The van der Waals surface area contributed by atoms with Crippen LogP contribution < -0.4 is 4.90 Å². The molecule has 1 amide bonds. The van der Waals surface area contributed by atoms with Crippen molar-refractivity contribution in [3.63, 3.8) is 0 Å². The van der Waals surface area contributed by atoms with Crippen LogP contribution in [0.4, 0.5) is 14.5 Å². The van der Waals surface area contributed by atoms with Gasteiger partial charge in [0.25, 0.3) is 0 Å². The number of para-hydroxylation sites is 1. The summed E-state index contributed by atoms with van der Waals surface area (Å²) in [7, 11) is 0. The van der Waals surface area contributed by atoms with Gasteiger partial charge >= 0.3 is 0 Å². The molecule has 152 valence electrons. The van der Waals surface area contributed by atoms with Gasteiger partial charge in [-0.15, -0.1) is 0 Å². The number of carbonyl (C=O) groups excluding carboxylic acids is 1. The molecule has 0 saturated carbocycles. The molecule has 4 nitrogen and oxygen atoms in total. The summed E-state index contributed by atoms with van der Waals surface area (Å²) in [6.07, 6.45) is 2.24. The standard InChI is InChI=1S/C22H22ClF2N3O/c23-18-7-3-9-19(24)17(18)14-16-6-4-12-27(16)15-22(29)28(13-5-11-26)21-10-2-1-8-20(21)25/h1-3,7-10,16H,4-6,12-15H2/t16-/m0/s1. The van der Waals surface area contributed by atoms with E-state index in [1.807, 2.05) is 11.0 Å². The minimum Gasteiger partial charge on any atom is -0.308 e. The fourth-order valence-corrected chi connectivity index (χ4v) is 4.01. The average Bonchev–Trinajstić information content (AvgIpc) is 3.13. The van der Waals surface area contributed by atoms with Crippen LogP contribution in [-0.4, -0.2) is 36.5 Å². The number of nitriles is 1. The van der Waals surface area contributed by atoms with Crippen LogP contribution >= 0.6 is 11.6 Å². The molecule has 0 unspecified atom stereocenters. The minimum atomic E-state index is -0.505. The number of hydrogen-bond donors (Lipinski definition) is 0. The normalized spacial score (nSPS) is 16.6. The van der Waals surface area contributed by atoms with Crippen LogP contribution in [0.15, 0.2) is 42.5 Å². The molecule has 1 fully saturated rings. The van der Waals surface area contributed by atoms with Crippen molar-refractivity contribution in [3.8, 4) is 6.07 Å². The fourth-order valence-electron chi connectivity index (χ4n) is 3.77. The highest BCUT2D eigenvalue weighted by Gasteiger charge is 2.30. The number of halogens is 3. The maximum Gasteiger partial charge on any atom is 0.241 e. The number of rotatable bonds is 7. The third-order valence-electron chi connectivity index (χ3n) is 5.23. The van der Waals surface area contributed by atoms with Crippen molar-refractivity contribution in [3.05, 3.63) is 64.7 Å². The Morgan fingerprint density at radius 3 is 2.69 bits per heavy atom. The van der Waals surface area contributed by atoms with Gasteiger partial charge in [-0.2, -0.15) is 5.26 Å². The summed E-state index contributed by atoms with van der Waals surface area (Å²) in [4.78, 5) is 16.3. The molecule has 1 saturated heterocycles. The van der Waals surface area contributed by atoms with Gasteiger partial charge in [0.05, 0.1) is 24.7 Å². The van der Waals surface area contributed by atoms with Crippen molar-refractivity contribution in [2.75, 3.05) is 24.5 Å². The Kier molecular flexibility index (Phi) is 7.18. The molecule has 0 radical (unpaired) electrons. The molecule has 0 aliphatic carbocycles. The lowest BCUT2D eigenvalue weighted by Gasteiger charge is -2.28. The second kappa shape index (κ2) is 9.82. The second-order valence-corrected chi connectivity index (χ2v) is 7.48. The van der Waals surface area contributed by atoms with E-state index in [1.54, 1.807) is 24.3 Å². The third kappa shape index (κ3) is 5.11. The van der Waals surface area contributed by atoms with Crippen molar-refractivity contribution in [2.45, 2.75) is 31.7 Å². The predicted octanol–water partition coefficient (Wildman–Crippen LogP) is 4.57. The number of carbonyl (C=O) groups is 1. The van der Waals surface area contributed by atoms with Crippen LogP contribution in [0.1, 0.15) is 24.8 Å². The second-order valence-electron chi connectivity index (χ2n) is 7.08. The highest BCUT2D eigenvalue weighted by Crippen LogP contribution is 2.27. The minimum absolute atomic E-state index is 0.0215. The van der Waals surface area contributed by atoms with E-state index >= 15 is 0 Å². The van der Waals surface area contributed by atoms with E-state index in [-0.39, 0.29) is 43.0 Å². The first-order chi connectivity index (χ1) is 14.0. The molecular formula is C22H22ClF2N3O. The lowest BCUT2D eigenvalue weighted by Crippen LogP contribution is -2.43. The lowest BCUT2D eigenvalue weighted by atomic mass is 10.0. The molecule has 7 heteroatoms. The molecule has 1 atom stereocenters. The van der Waals surface area contributed by atoms with Crippen LogP contribution in [0, 0.1) is 23.0 Å². The number of nitrogens with zero attached hydrogens (tertiary/aromatic N) is 3. The first-order valence-electron chi connectivity index (χ1n) is 9.60. The summed E-state index contributed by atoms with van der Waals surface area (Å²) in [5.41, 5.74) is 0.620. The van der Waals surface area contributed by atoms with Crippen LogP contribution in [0.2, 0.25) is 5.02 Å². The van der Waals surface area contributed by atoms with E-state index in [2.05, 4.69) is 0 Å². The zero-order valence-corrected chi connectivity index (χ0v) is 16.7. The highest BCUT2D eigenvalue weighted by molar-refractivity contribution is 6.31. The van der Waals surface area contributed by atoms with Crippen LogP contribution in [0.25, 0.3) is 0 Å².